The lowest BCUT2D eigenvalue weighted by atomic mass is 9.70. The molecule has 2 saturated heterocycles. The fraction of sp³-hybridized carbons (Fsp3) is 0.842. The minimum absolute atomic E-state index is 0.243. The summed E-state index contributed by atoms with van der Waals surface area (Å²) in [4.78, 5) is 39.9. The van der Waals surface area contributed by atoms with Gasteiger partial charge >= 0.3 is 18.2 Å². The lowest BCUT2D eigenvalue weighted by Gasteiger charge is -2.52. The summed E-state index contributed by atoms with van der Waals surface area (Å²) in [6, 6.07) is -0.908. The van der Waals surface area contributed by atoms with Crippen molar-refractivity contribution in [3.8, 4) is 0 Å². The van der Waals surface area contributed by atoms with Crippen molar-refractivity contribution in [3.63, 3.8) is 0 Å². The van der Waals surface area contributed by atoms with Gasteiger partial charge in [-0.15, -0.1) is 0 Å². The number of carboxylic acid groups (broad SMARTS) is 1. The Morgan fingerprint density at radius 1 is 1.00 bits per heavy atom. The summed E-state index contributed by atoms with van der Waals surface area (Å²) in [6.45, 7) is 4.09. The Morgan fingerprint density at radius 3 is 1.97 bits per heavy atom. The molecule has 1 aliphatic carbocycles. The van der Waals surface area contributed by atoms with E-state index in [1.807, 2.05) is 0 Å². The average Bonchev–Trinajstić information content (AvgIpc) is 3.29. The number of likely N-dealkylation sites (tertiary alicyclic amines) is 1. The fourth-order valence-corrected chi connectivity index (χ4v) is 4.95. The lowest BCUT2D eigenvalue weighted by molar-refractivity contribution is -0.194. The molecular weight excluding hydrogens is 429 g/mol. The molecular formula is C19H26F5N3O4. The van der Waals surface area contributed by atoms with Crippen molar-refractivity contribution in [2.75, 3.05) is 19.6 Å². The van der Waals surface area contributed by atoms with Gasteiger partial charge in [-0.2, -0.15) is 13.2 Å². The Hall–Kier alpha value is -2.14. The zero-order chi connectivity index (χ0) is 23.8. The summed E-state index contributed by atoms with van der Waals surface area (Å²) in [5.41, 5.74) is -4.52. The van der Waals surface area contributed by atoms with Gasteiger partial charge in [-0.1, -0.05) is 20.8 Å². The monoisotopic (exact) mass is 455 g/mol. The lowest BCUT2D eigenvalue weighted by Crippen LogP contribution is -2.70. The Bertz CT molecular complexity index is 805. The molecule has 0 aromatic carbocycles. The maximum atomic E-state index is 14.4. The van der Waals surface area contributed by atoms with Crippen molar-refractivity contribution in [1.82, 2.24) is 14.7 Å². The molecule has 0 radical (unpaired) electrons. The van der Waals surface area contributed by atoms with Crippen LogP contribution in [0.5, 0.6) is 0 Å². The number of carbonyl (C=O) groups excluding carboxylic acids is 2. The largest absolute Gasteiger partial charge is 0.471 e. The molecule has 3 fully saturated rings. The van der Waals surface area contributed by atoms with Crippen LogP contribution in [0.2, 0.25) is 0 Å². The molecule has 1 saturated carbocycles. The number of nitrogens with zero attached hydrogens (tertiary/aromatic N) is 3. The van der Waals surface area contributed by atoms with Crippen LogP contribution in [0.25, 0.3) is 0 Å². The molecule has 1 spiro atoms. The molecule has 2 heterocycles. The summed E-state index contributed by atoms with van der Waals surface area (Å²) in [5.74, 6) is -6.29. The van der Waals surface area contributed by atoms with E-state index in [0.717, 1.165) is 4.90 Å². The van der Waals surface area contributed by atoms with Crippen LogP contribution in [0.4, 0.5) is 26.7 Å². The quantitative estimate of drug-likeness (QED) is 0.617. The van der Waals surface area contributed by atoms with Gasteiger partial charge in [0, 0.05) is 25.6 Å². The number of carbonyl (C=O) groups is 3. The van der Waals surface area contributed by atoms with Gasteiger partial charge in [0.15, 0.2) is 0 Å². The highest BCUT2D eigenvalue weighted by molar-refractivity contribution is 5.92. The van der Waals surface area contributed by atoms with E-state index < -0.39 is 72.1 Å². The zero-order valence-corrected chi connectivity index (χ0v) is 17.7. The second-order valence-corrected chi connectivity index (χ2v) is 9.93. The molecule has 1 N–H and O–H groups in total. The molecule has 2 atom stereocenters. The van der Waals surface area contributed by atoms with Crippen molar-refractivity contribution in [1.29, 1.82) is 0 Å². The second kappa shape index (κ2) is 6.68. The molecule has 3 rings (SSSR count). The maximum absolute atomic E-state index is 14.4. The van der Waals surface area contributed by atoms with Crippen LogP contribution in [0.1, 0.15) is 47.0 Å². The summed E-state index contributed by atoms with van der Waals surface area (Å²) < 4.78 is 68.0. The maximum Gasteiger partial charge on any atom is 0.471 e. The van der Waals surface area contributed by atoms with Crippen LogP contribution in [0, 0.1) is 5.41 Å². The number of rotatable bonds is 1. The van der Waals surface area contributed by atoms with Crippen LogP contribution in [-0.4, -0.2) is 86.6 Å². The molecule has 0 aromatic rings. The summed E-state index contributed by atoms with van der Waals surface area (Å²) >= 11 is 0. The Balaban J connectivity index is 1.99. The first-order valence-electron chi connectivity index (χ1n) is 9.96. The first-order chi connectivity index (χ1) is 13.9. The molecule has 12 heteroatoms. The molecule has 31 heavy (non-hydrogen) atoms. The molecule has 176 valence electrons. The normalized spacial score (nSPS) is 30.0. The molecule has 2 aliphatic heterocycles. The van der Waals surface area contributed by atoms with Gasteiger partial charge in [0.2, 0.25) is 5.91 Å². The highest BCUT2D eigenvalue weighted by Crippen LogP contribution is 2.52. The number of hydrogen-bond donors (Lipinski definition) is 1. The van der Waals surface area contributed by atoms with E-state index >= 15 is 0 Å². The summed E-state index contributed by atoms with van der Waals surface area (Å²) in [6.07, 6.45) is -7.27. The predicted molar refractivity (Wildman–Crippen MR) is 97.4 cm³/mol. The van der Waals surface area contributed by atoms with E-state index in [9.17, 15) is 41.4 Å². The third kappa shape index (κ3) is 3.61. The van der Waals surface area contributed by atoms with Gasteiger partial charge in [-0.25, -0.2) is 13.6 Å². The minimum atomic E-state index is -5.07. The van der Waals surface area contributed by atoms with Crippen molar-refractivity contribution in [2.45, 2.75) is 76.2 Å². The van der Waals surface area contributed by atoms with Gasteiger partial charge in [0.05, 0.1) is 12.1 Å². The number of halogens is 5. The Morgan fingerprint density at radius 2 is 1.55 bits per heavy atom. The van der Waals surface area contributed by atoms with Gasteiger partial charge < -0.3 is 14.9 Å². The topological polar surface area (TPSA) is 81.2 Å². The van der Waals surface area contributed by atoms with Crippen LogP contribution < -0.4 is 0 Å². The average molecular weight is 455 g/mol. The first kappa shape index (κ1) is 23.5. The Kier molecular flexibility index (Phi) is 5.07. The second-order valence-electron chi connectivity index (χ2n) is 9.93. The van der Waals surface area contributed by atoms with Crippen LogP contribution in [0.15, 0.2) is 0 Å². The van der Waals surface area contributed by atoms with Crippen molar-refractivity contribution < 1.29 is 41.4 Å². The van der Waals surface area contributed by atoms with E-state index in [0.29, 0.717) is 4.90 Å². The summed E-state index contributed by atoms with van der Waals surface area (Å²) in [5, 5.41) is 9.62. The molecule has 3 amide bonds. The number of amides is 3. The van der Waals surface area contributed by atoms with Crippen LogP contribution in [0.3, 0.4) is 0 Å². The highest BCUT2D eigenvalue weighted by Gasteiger charge is 2.68. The molecule has 0 unspecified atom stereocenters. The van der Waals surface area contributed by atoms with Gasteiger partial charge in [0.25, 0.3) is 5.92 Å². The minimum Gasteiger partial charge on any atom is -0.465 e. The highest BCUT2D eigenvalue weighted by atomic mass is 19.4. The fourth-order valence-electron chi connectivity index (χ4n) is 4.95. The third-order valence-corrected chi connectivity index (χ3v) is 6.78. The van der Waals surface area contributed by atoms with E-state index in [1.54, 1.807) is 0 Å². The van der Waals surface area contributed by atoms with Crippen LogP contribution >= 0.6 is 0 Å². The summed E-state index contributed by atoms with van der Waals surface area (Å²) in [7, 11) is 0. The van der Waals surface area contributed by atoms with E-state index in [4.69, 9.17) is 0 Å². The van der Waals surface area contributed by atoms with E-state index in [1.165, 1.54) is 32.6 Å². The van der Waals surface area contributed by atoms with Crippen molar-refractivity contribution in [3.05, 3.63) is 0 Å². The number of alkyl halides is 5. The number of hydrogen-bond acceptors (Lipinski definition) is 3. The molecule has 0 bridgehead atoms. The van der Waals surface area contributed by atoms with Gasteiger partial charge in [-0.05, 0) is 25.2 Å². The zero-order valence-electron chi connectivity index (χ0n) is 17.7. The van der Waals surface area contributed by atoms with Gasteiger partial charge in [0.1, 0.15) is 5.54 Å². The first-order valence-corrected chi connectivity index (χ1v) is 9.96. The van der Waals surface area contributed by atoms with E-state index in [-0.39, 0.29) is 19.4 Å². The standard InChI is InChI=1S/C19H26F5N3O4/c1-11-7-26(13(29)19(22,23)24)16(5-6-16)9-25(11)12(28)18(15(2,3)4)8-17(20,21)10-27(18)14(30)31/h11H,5-10H2,1-4H3,(H,30,31)/t11-,18-/m1/s1. The third-order valence-electron chi connectivity index (χ3n) is 6.78. The smallest absolute Gasteiger partial charge is 0.465 e. The SMILES string of the molecule is C[C@@H]1CN(C(=O)C(F)(F)F)C2(CC2)CN1C(=O)[C@@]1(C(C)(C)C)CC(F)(F)CN1C(=O)O. The molecule has 7 nitrogen and oxygen atoms in total. The van der Waals surface area contributed by atoms with E-state index in [2.05, 4.69) is 0 Å². The molecule has 0 aromatic heterocycles. The van der Waals surface area contributed by atoms with Crippen LogP contribution in [-0.2, 0) is 9.59 Å². The Labute approximate surface area is 176 Å². The van der Waals surface area contributed by atoms with Gasteiger partial charge in [-0.3, -0.25) is 14.5 Å². The number of piperazine rings is 1. The predicted octanol–water partition coefficient (Wildman–Crippen LogP) is 2.94. The van der Waals surface area contributed by atoms with Crippen molar-refractivity contribution >= 4 is 17.9 Å². The van der Waals surface area contributed by atoms with Crippen molar-refractivity contribution in [2.24, 2.45) is 5.41 Å². The molecule has 3 aliphatic rings.